The zero-order valence-electron chi connectivity index (χ0n) is 22.3. The van der Waals surface area contributed by atoms with Crippen LogP contribution in [0.1, 0.15) is 99.3 Å². The van der Waals surface area contributed by atoms with Crippen LogP contribution < -0.4 is 5.90 Å². The topological polar surface area (TPSA) is 102 Å². The van der Waals surface area contributed by atoms with Crippen LogP contribution in [0.25, 0.3) is 0 Å². The van der Waals surface area contributed by atoms with Gasteiger partial charge in [0.2, 0.25) is 0 Å². The van der Waals surface area contributed by atoms with Crippen LogP contribution >= 0.6 is 0 Å². The molecule has 2 unspecified atom stereocenters. The van der Waals surface area contributed by atoms with E-state index in [-0.39, 0.29) is 41.0 Å². The first-order chi connectivity index (χ1) is 15.8. The highest BCUT2D eigenvalue weighted by Gasteiger charge is 2.65. The van der Waals surface area contributed by atoms with Crippen molar-refractivity contribution in [3.05, 3.63) is 0 Å². The molecule has 4 aliphatic carbocycles. The summed E-state index contributed by atoms with van der Waals surface area (Å²) in [6.07, 6.45) is 7.23. The number of fused-ring (bicyclic) bond motifs is 5. The van der Waals surface area contributed by atoms with Crippen molar-refractivity contribution in [2.24, 2.45) is 52.2 Å². The van der Waals surface area contributed by atoms with Gasteiger partial charge >= 0.3 is 5.97 Å². The van der Waals surface area contributed by atoms with Gasteiger partial charge in [-0.05, 0) is 118 Å². The highest BCUT2D eigenvalue weighted by atomic mass is 16.6. The number of hydrogen-bond donors (Lipinski definition) is 3. The van der Waals surface area contributed by atoms with E-state index >= 15 is 0 Å². The normalized spacial score (nSPS) is 47.3. The SMILES string of the molecule is C[C@H](CCC(=O)OC(C)(C)C)[C@H]1CCC2[C@@H]3[C@H](O)C[C@@H]4C[C@@H](ON)CC[C@]4(C)[C@H]3CC(O)[C@@]21C. The zero-order chi connectivity index (χ0) is 25.1. The van der Waals surface area contributed by atoms with Gasteiger partial charge in [-0.2, -0.15) is 0 Å². The maximum Gasteiger partial charge on any atom is 0.306 e. The summed E-state index contributed by atoms with van der Waals surface area (Å²) in [5, 5.41) is 23.2. The van der Waals surface area contributed by atoms with Gasteiger partial charge in [0.05, 0.1) is 18.3 Å². The Morgan fingerprint density at radius 2 is 1.79 bits per heavy atom. The number of carbonyl (C=O) groups is 1. The van der Waals surface area contributed by atoms with Crippen LogP contribution in [-0.2, 0) is 14.4 Å². The molecule has 196 valence electrons. The molecule has 4 rings (SSSR count). The van der Waals surface area contributed by atoms with Crippen LogP contribution in [0.4, 0.5) is 0 Å². The standard InChI is InChI=1S/C28H49NO5/c1-16(7-10-24(32)33-26(2,3)4)19-8-9-20-25-21(15-23(31)28(19,20)6)27(5)12-11-18(34-29)13-17(27)14-22(25)30/h16-23,25,30-31H,7-15,29H2,1-6H3/t16-,17+,18+,19-,20?,21+,22-,23?,25+,27+,28-/m1/s1. The maximum absolute atomic E-state index is 12.3. The van der Waals surface area contributed by atoms with Gasteiger partial charge in [0, 0.05) is 6.42 Å². The van der Waals surface area contributed by atoms with E-state index in [1.54, 1.807) is 0 Å². The number of rotatable bonds is 5. The first kappa shape index (κ1) is 26.4. The first-order valence-electron chi connectivity index (χ1n) is 13.7. The molecule has 6 nitrogen and oxygen atoms in total. The fourth-order valence-corrected chi connectivity index (χ4v) is 9.18. The molecule has 0 bridgehead atoms. The van der Waals surface area contributed by atoms with Gasteiger partial charge in [0.15, 0.2) is 0 Å². The van der Waals surface area contributed by atoms with Crippen molar-refractivity contribution in [3.8, 4) is 0 Å². The number of nitrogens with two attached hydrogens (primary N) is 1. The quantitative estimate of drug-likeness (QED) is 0.393. The summed E-state index contributed by atoms with van der Waals surface area (Å²) >= 11 is 0. The second kappa shape index (κ2) is 9.32. The summed E-state index contributed by atoms with van der Waals surface area (Å²) in [6.45, 7) is 12.6. The molecule has 4 aliphatic rings. The summed E-state index contributed by atoms with van der Waals surface area (Å²) in [5.41, 5.74) is -0.544. The summed E-state index contributed by atoms with van der Waals surface area (Å²) < 4.78 is 5.53. The highest BCUT2D eigenvalue weighted by Crippen LogP contribution is 2.68. The van der Waals surface area contributed by atoms with Crippen molar-refractivity contribution in [2.45, 2.75) is 123 Å². The Bertz CT molecular complexity index is 752. The van der Waals surface area contributed by atoms with E-state index < -0.39 is 5.60 Å². The van der Waals surface area contributed by atoms with Gasteiger partial charge < -0.3 is 19.8 Å². The van der Waals surface area contributed by atoms with E-state index in [2.05, 4.69) is 20.8 Å². The first-order valence-corrected chi connectivity index (χ1v) is 13.7. The Balaban J connectivity index is 1.50. The fourth-order valence-electron chi connectivity index (χ4n) is 9.18. The number of carbonyl (C=O) groups excluding carboxylic acids is 1. The molecule has 0 saturated heterocycles. The van der Waals surface area contributed by atoms with Crippen LogP contribution in [0.2, 0.25) is 0 Å². The van der Waals surface area contributed by atoms with Crippen molar-refractivity contribution in [3.63, 3.8) is 0 Å². The minimum absolute atomic E-state index is 0.0855. The van der Waals surface area contributed by atoms with Gasteiger partial charge in [-0.15, -0.1) is 0 Å². The molecule has 0 amide bonds. The Labute approximate surface area is 206 Å². The van der Waals surface area contributed by atoms with E-state index in [0.717, 1.165) is 51.4 Å². The predicted molar refractivity (Wildman–Crippen MR) is 131 cm³/mol. The fraction of sp³-hybridized carbons (Fsp3) is 0.964. The molecule has 6 heteroatoms. The van der Waals surface area contributed by atoms with Crippen molar-refractivity contribution in [1.82, 2.24) is 0 Å². The summed E-state index contributed by atoms with van der Waals surface area (Å²) in [7, 11) is 0. The molecule has 0 spiro atoms. The molecule has 4 fully saturated rings. The van der Waals surface area contributed by atoms with E-state index in [1.165, 1.54) is 0 Å². The third-order valence-electron chi connectivity index (χ3n) is 10.9. The maximum atomic E-state index is 12.3. The van der Waals surface area contributed by atoms with Gasteiger partial charge in [0.1, 0.15) is 5.60 Å². The van der Waals surface area contributed by atoms with Crippen molar-refractivity contribution >= 4 is 5.97 Å². The van der Waals surface area contributed by atoms with E-state index in [9.17, 15) is 15.0 Å². The lowest BCUT2D eigenvalue weighted by Gasteiger charge is -2.63. The summed E-state index contributed by atoms with van der Waals surface area (Å²) in [5.74, 6) is 7.38. The largest absolute Gasteiger partial charge is 0.460 e. The second-order valence-electron chi connectivity index (χ2n) is 13.7. The Morgan fingerprint density at radius 3 is 2.44 bits per heavy atom. The Hall–Kier alpha value is -0.690. The van der Waals surface area contributed by atoms with Gasteiger partial charge in [0.25, 0.3) is 0 Å². The number of hydrogen-bond acceptors (Lipinski definition) is 6. The summed E-state index contributed by atoms with van der Waals surface area (Å²) in [4.78, 5) is 17.5. The van der Waals surface area contributed by atoms with Crippen LogP contribution in [-0.4, -0.2) is 40.1 Å². The average Bonchev–Trinajstić information content (AvgIpc) is 3.10. The molecular weight excluding hydrogens is 430 g/mol. The van der Waals surface area contributed by atoms with E-state index in [1.807, 2.05) is 20.8 Å². The van der Waals surface area contributed by atoms with Gasteiger partial charge in [-0.1, -0.05) is 20.8 Å². The molecule has 34 heavy (non-hydrogen) atoms. The Morgan fingerprint density at radius 1 is 1.09 bits per heavy atom. The van der Waals surface area contributed by atoms with Gasteiger partial charge in [-0.3, -0.25) is 4.79 Å². The lowest BCUT2D eigenvalue weighted by atomic mass is 9.43. The molecule has 4 N–H and O–H groups in total. The molecule has 0 aromatic rings. The highest BCUT2D eigenvalue weighted by molar-refractivity contribution is 5.69. The third kappa shape index (κ3) is 4.46. The molecule has 0 radical (unpaired) electrons. The second-order valence-corrected chi connectivity index (χ2v) is 13.7. The van der Waals surface area contributed by atoms with Crippen molar-refractivity contribution < 1.29 is 24.6 Å². The Kier molecular flexibility index (Phi) is 7.23. The number of ether oxygens (including phenoxy) is 1. The number of aliphatic hydroxyl groups is 2. The molecule has 0 aromatic carbocycles. The minimum Gasteiger partial charge on any atom is -0.460 e. The monoisotopic (exact) mass is 479 g/mol. The molecule has 4 saturated carbocycles. The lowest BCUT2D eigenvalue weighted by molar-refractivity contribution is -0.209. The number of aliphatic hydroxyl groups excluding tert-OH is 2. The van der Waals surface area contributed by atoms with E-state index in [0.29, 0.717) is 36.0 Å². The predicted octanol–water partition coefficient (Wildman–Crippen LogP) is 4.60. The van der Waals surface area contributed by atoms with E-state index in [4.69, 9.17) is 15.5 Å². The zero-order valence-corrected chi connectivity index (χ0v) is 22.3. The van der Waals surface area contributed by atoms with Crippen LogP contribution in [0.15, 0.2) is 0 Å². The summed E-state index contributed by atoms with van der Waals surface area (Å²) in [6, 6.07) is 0. The number of esters is 1. The smallest absolute Gasteiger partial charge is 0.306 e. The molecular formula is C28H49NO5. The molecule has 0 aliphatic heterocycles. The average molecular weight is 480 g/mol. The van der Waals surface area contributed by atoms with Crippen molar-refractivity contribution in [1.29, 1.82) is 0 Å². The lowest BCUT2D eigenvalue weighted by Crippen LogP contribution is -2.62. The molecule has 0 aromatic heterocycles. The molecule has 0 heterocycles. The molecule has 11 atom stereocenters. The third-order valence-corrected chi connectivity index (χ3v) is 10.9. The van der Waals surface area contributed by atoms with Crippen LogP contribution in [0.3, 0.4) is 0 Å². The minimum atomic E-state index is -0.458. The van der Waals surface area contributed by atoms with Gasteiger partial charge in [-0.25, -0.2) is 5.90 Å². The van der Waals surface area contributed by atoms with Crippen molar-refractivity contribution in [2.75, 3.05) is 0 Å². The van der Waals surface area contributed by atoms with Crippen LogP contribution in [0, 0.1) is 46.3 Å². The van der Waals surface area contributed by atoms with Crippen LogP contribution in [0.5, 0.6) is 0 Å².